The van der Waals surface area contributed by atoms with Gasteiger partial charge in [0.05, 0.1) is 24.8 Å². The Balaban J connectivity index is 1.28. The van der Waals surface area contributed by atoms with Gasteiger partial charge in [0.1, 0.15) is 11.9 Å². The lowest BCUT2D eigenvalue weighted by atomic mass is 9.98. The van der Waals surface area contributed by atoms with Crippen molar-refractivity contribution >= 4 is 28.6 Å². The van der Waals surface area contributed by atoms with E-state index >= 15 is 0 Å². The summed E-state index contributed by atoms with van der Waals surface area (Å²) in [4.78, 5) is 29.0. The molecule has 0 aliphatic carbocycles. The van der Waals surface area contributed by atoms with Gasteiger partial charge in [-0.3, -0.25) is 9.59 Å². The predicted octanol–water partition coefficient (Wildman–Crippen LogP) is 3.65. The number of nitrogens with zero attached hydrogens (tertiary/aromatic N) is 2. The van der Waals surface area contributed by atoms with E-state index in [2.05, 4.69) is 15.6 Å². The molecule has 2 aliphatic rings. The van der Waals surface area contributed by atoms with E-state index in [1.807, 2.05) is 29.8 Å². The standard InChI is InChI=1S/C25H21FN4O3/c1-30-14-27-11-19(30)12-28-24(31)16-4-2-3-15(7-16)17-8-20(33-13-17)10-22-21-9-18(26)5-6-23(21)29-25(22)32/h2-7,9-11,13-14,20H,8,12H2,1H3,(H,28,31)(H,29,32)/b22-10+. The lowest BCUT2D eigenvalue weighted by Crippen LogP contribution is -2.23. The summed E-state index contributed by atoms with van der Waals surface area (Å²) in [7, 11) is 1.87. The molecular weight excluding hydrogens is 423 g/mol. The van der Waals surface area contributed by atoms with Crippen LogP contribution in [0.25, 0.3) is 11.1 Å². The molecule has 8 heteroatoms. The molecule has 0 saturated carbocycles. The molecule has 2 aliphatic heterocycles. The second-order valence-electron chi connectivity index (χ2n) is 8.01. The topological polar surface area (TPSA) is 85.2 Å². The number of hydrogen-bond donors (Lipinski definition) is 2. The highest BCUT2D eigenvalue weighted by molar-refractivity contribution is 6.31. The summed E-state index contributed by atoms with van der Waals surface area (Å²) in [5.41, 5.74) is 4.74. The molecule has 7 nitrogen and oxygen atoms in total. The zero-order valence-corrected chi connectivity index (χ0v) is 17.8. The van der Waals surface area contributed by atoms with Gasteiger partial charge in [-0.1, -0.05) is 12.1 Å². The molecule has 2 amide bonds. The van der Waals surface area contributed by atoms with Gasteiger partial charge in [0.2, 0.25) is 0 Å². The number of anilines is 1. The fourth-order valence-corrected chi connectivity index (χ4v) is 3.97. The van der Waals surface area contributed by atoms with Crippen molar-refractivity contribution in [2.24, 2.45) is 7.05 Å². The van der Waals surface area contributed by atoms with E-state index in [0.717, 1.165) is 16.8 Å². The Morgan fingerprint density at radius 2 is 2.21 bits per heavy atom. The van der Waals surface area contributed by atoms with Gasteiger partial charge >= 0.3 is 0 Å². The van der Waals surface area contributed by atoms with Crippen LogP contribution >= 0.6 is 0 Å². The molecule has 2 N–H and O–H groups in total. The fourth-order valence-electron chi connectivity index (χ4n) is 3.97. The van der Waals surface area contributed by atoms with Gasteiger partial charge in [0.25, 0.3) is 11.8 Å². The molecule has 5 rings (SSSR count). The van der Waals surface area contributed by atoms with Gasteiger partial charge in [-0.2, -0.15) is 0 Å². The highest BCUT2D eigenvalue weighted by Crippen LogP contribution is 2.35. The zero-order chi connectivity index (χ0) is 22.9. The molecule has 3 aromatic rings. The van der Waals surface area contributed by atoms with Crippen molar-refractivity contribution in [3.63, 3.8) is 0 Å². The summed E-state index contributed by atoms with van der Waals surface area (Å²) in [5, 5.41) is 5.64. The van der Waals surface area contributed by atoms with Crippen molar-refractivity contribution in [2.45, 2.75) is 19.1 Å². The van der Waals surface area contributed by atoms with Crippen LogP contribution in [0.4, 0.5) is 10.1 Å². The quantitative estimate of drug-likeness (QED) is 0.589. The van der Waals surface area contributed by atoms with E-state index in [0.29, 0.717) is 35.4 Å². The number of carbonyl (C=O) groups is 2. The second kappa shape index (κ2) is 8.38. The maximum Gasteiger partial charge on any atom is 0.256 e. The maximum absolute atomic E-state index is 13.7. The number of halogens is 1. The van der Waals surface area contributed by atoms with Crippen molar-refractivity contribution < 1.29 is 18.7 Å². The van der Waals surface area contributed by atoms with Crippen molar-refractivity contribution in [1.29, 1.82) is 0 Å². The number of ether oxygens (including phenoxy) is 1. The number of benzene rings is 2. The molecule has 33 heavy (non-hydrogen) atoms. The first-order valence-electron chi connectivity index (χ1n) is 10.5. The number of fused-ring (bicyclic) bond motifs is 1. The second-order valence-corrected chi connectivity index (χ2v) is 8.01. The first kappa shape index (κ1) is 20.7. The number of carbonyl (C=O) groups excluding carboxylic acids is 2. The first-order valence-corrected chi connectivity index (χ1v) is 10.5. The van der Waals surface area contributed by atoms with E-state index in [1.54, 1.807) is 37.0 Å². The number of aromatic nitrogens is 2. The minimum Gasteiger partial charge on any atom is -0.493 e. The third-order valence-corrected chi connectivity index (χ3v) is 5.77. The Labute approximate surface area is 189 Å². The van der Waals surface area contributed by atoms with Crippen LogP contribution in [0.5, 0.6) is 0 Å². The summed E-state index contributed by atoms with van der Waals surface area (Å²) >= 11 is 0. The molecule has 166 valence electrons. The van der Waals surface area contributed by atoms with Gasteiger partial charge in [-0.15, -0.1) is 0 Å². The molecule has 0 bridgehead atoms. The van der Waals surface area contributed by atoms with Crippen LogP contribution in [-0.4, -0.2) is 27.5 Å². The molecule has 1 atom stereocenters. The molecule has 1 aromatic heterocycles. The summed E-state index contributed by atoms with van der Waals surface area (Å²) in [6.07, 6.45) is 6.93. The highest BCUT2D eigenvalue weighted by atomic mass is 19.1. The van der Waals surface area contributed by atoms with Gasteiger partial charge in [0.15, 0.2) is 0 Å². The van der Waals surface area contributed by atoms with Crippen LogP contribution in [0.1, 0.15) is 33.6 Å². The summed E-state index contributed by atoms with van der Waals surface area (Å²) in [5.74, 6) is -0.863. The number of rotatable bonds is 5. The molecule has 0 saturated heterocycles. The summed E-state index contributed by atoms with van der Waals surface area (Å²) in [6.45, 7) is 0.380. The van der Waals surface area contributed by atoms with Crippen LogP contribution < -0.4 is 10.6 Å². The largest absolute Gasteiger partial charge is 0.493 e. The average Bonchev–Trinajstić information content (AvgIpc) is 3.52. The Bertz CT molecular complexity index is 1320. The van der Waals surface area contributed by atoms with Crippen LogP contribution in [0.3, 0.4) is 0 Å². The SMILES string of the molecule is Cn1cncc1CNC(=O)c1cccc(C2=COC(/C=C3/C(=O)Nc4ccc(F)cc43)C2)c1. The first-order chi connectivity index (χ1) is 16.0. The monoisotopic (exact) mass is 444 g/mol. The fraction of sp³-hybridized carbons (Fsp3) is 0.160. The number of nitrogens with one attached hydrogen (secondary N) is 2. The zero-order valence-electron chi connectivity index (χ0n) is 17.8. The Hall–Kier alpha value is -4.20. The van der Waals surface area contributed by atoms with Gasteiger partial charge in [-0.05, 0) is 47.5 Å². The number of imidazole rings is 1. The van der Waals surface area contributed by atoms with Crippen molar-refractivity contribution in [2.75, 3.05) is 5.32 Å². The number of amides is 2. The Morgan fingerprint density at radius 3 is 3.03 bits per heavy atom. The van der Waals surface area contributed by atoms with Crippen LogP contribution in [-0.2, 0) is 23.1 Å². The van der Waals surface area contributed by atoms with Crippen molar-refractivity contribution in [3.8, 4) is 0 Å². The predicted molar refractivity (Wildman–Crippen MR) is 121 cm³/mol. The Kier molecular flexibility index (Phi) is 5.26. The molecule has 2 aromatic carbocycles. The third kappa shape index (κ3) is 4.15. The number of hydrogen-bond acceptors (Lipinski definition) is 4. The molecule has 0 spiro atoms. The summed E-state index contributed by atoms with van der Waals surface area (Å²) < 4.78 is 21.3. The molecule has 1 unspecified atom stereocenters. The molecule has 3 heterocycles. The van der Waals surface area contributed by atoms with Crippen LogP contribution in [0.15, 0.2) is 67.3 Å². The summed E-state index contributed by atoms with van der Waals surface area (Å²) in [6, 6.07) is 11.5. The minimum atomic E-state index is -0.402. The highest BCUT2D eigenvalue weighted by Gasteiger charge is 2.27. The van der Waals surface area contributed by atoms with Gasteiger partial charge in [-0.25, -0.2) is 9.37 Å². The van der Waals surface area contributed by atoms with E-state index < -0.39 is 5.82 Å². The van der Waals surface area contributed by atoms with Crippen LogP contribution in [0, 0.1) is 5.82 Å². The van der Waals surface area contributed by atoms with E-state index in [9.17, 15) is 14.0 Å². The average molecular weight is 444 g/mol. The normalized spacial score (nSPS) is 18.0. The maximum atomic E-state index is 13.7. The Morgan fingerprint density at radius 1 is 1.33 bits per heavy atom. The van der Waals surface area contributed by atoms with E-state index in [4.69, 9.17) is 4.74 Å². The lowest BCUT2D eigenvalue weighted by Gasteiger charge is -2.09. The molecule has 0 fully saturated rings. The van der Waals surface area contributed by atoms with Gasteiger partial charge in [0, 0.05) is 42.1 Å². The van der Waals surface area contributed by atoms with E-state index in [-0.39, 0.29) is 17.9 Å². The van der Waals surface area contributed by atoms with Crippen molar-refractivity contribution in [3.05, 3.63) is 95.5 Å². The number of aryl methyl sites for hydroxylation is 1. The van der Waals surface area contributed by atoms with Gasteiger partial charge < -0.3 is 19.9 Å². The van der Waals surface area contributed by atoms with Crippen molar-refractivity contribution in [1.82, 2.24) is 14.9 Å². The van der Waals surface area contributed by atoms with Crippen LogP contribution in [0.2, 0.25) is 0 Å². The molecular formula is C25H21FN4O3. The van der Waals surface area contributed by atoms with E-state index in [1.165, 1.54) is 12.1 Å². The lowest BCUT2D eigenvalue weighted by molar-refractivity contribution is -0.110. The molecule has 0 radical (unpaired) electrons. The smallest absolute Gasteiger partial charge is 0.256 e. The third-order valence-electron chi connectivity index (χ3n) is 5.77. The minimum absolute atomic E-state index is 0.183.